The smallest absolute Gasteiger partial charge is 0.241 e. The number of anilines is 1. The maximum absolute atomic E-state index is 11.4. The third-order valence-corrected chi connectivity index (χ3v) is 2.44. The van der Waals surface area contributed by atoms with E-state index < -0.39 is 0 Å². The first-order valence-corrected chi connectivity index (χ1v) is 4.82. The predicted octanol–water partition coefficient (Wildman–Crippen LogP) is 0.134. The third-order valence-electron chi connectivity index (χ3n) is 2.44. The normalized spacial score (nSPS) is 16.3. The van der Waals surface area contributed by atoms with Crippen molar-refractivity contribution in [3.05, 3.63) is 12.3 Å². The average Bonchev–Trinajstić information content (AvgIpc) is 2.44. The van der Waals surface area contributed by atoms with Gasteiger partial charge < -0.3 is 11.1 Å². The van der Waals surface area contributed by atoms with Crippen LogP contribution in [0.15, 0.2) is 12.3 Å². The van der Waals surface area contributed by atoms with Crippen LogP contribution in [0.5, 0.6) is 0 Å². The van der Waals surface area contributed by atoms with Gasteiger partial charge in [0, 0.05) is 12.2 Å². The molecule has 5 heteroatoms. The van der Waals surface area contributed by atoms with E-state index in [0.717, 1.165) is 12.8 Å². The lowest BCUT2D eigenvalue weighted by Gasteiger charge is -2.26. The van der Waals surface area contributed by atoms with Gasteiger partial charge in [-0.3, -0.25) is 9.48 Å². The monoisotopic (exact) mass is 194 g/mol. The number of carbonyl (C=O) groups is 1. The number of nitrogens with one attached hydrogen (secondary N) is 1. The summed E-state index contributed by atoms with van der Waals surface area (Å²) in [4.78, 5) is 11.4. The van der Waals surface area contributed by atoms with Gasteiger partial charge in [-0.15, -0.1) is 0 Å². The minimum atomic E-state index is 0.0119. The van der Waals surface area contributed by atoms with Crippen molar-refractivity contribution in [2.24, 2.45) is 0 Å². The van der Waals surface area contributed by atoms with Crippen LogP contribution in [0.25, 0.3) is 0 Å². The summed E-state index contributed by atoms with van der Waals surface area (Å²) in [6.07, 6.45) is 5.13. The lowest BCUT2D eigenvalue weighted by Crippen LogP contribution is -2.41. The topological polar surface area (TPSA) is 72.9 Å². The molecule has 2 rings (SSSR count). The van der Waals surface area contributed by atoms with Crippen molar-refractivity contribution in [2.45, 2.75) is 31.8 Å². The fraction of sp³-hybridized carbons (Fsp3) is 0.556. The minimum absolute atomic E-state index is 0.0119. The first kappa shape index (κ1) is 9.05. The van der Waals surface area contributed by atoms with E-state index in [4.69, 9.17) is 5.73 Å². The highest BCUT2D eigenvalue weighted by atomic mass is 16.2. The highest BCUT2D eigenvalue weighted by Crippen LogP contribution is 2.17. The van der Waals surface area contributed by atoms with Crippen molar-refractivity contribution in [3.8, 4) is 0 Å². The van der Waals surface area contributed by atoms with E-state index in [1.165, 1.54) is 6.42 Å². The fourth-order valence-electron chi connectivity index (χ4n) is 1.44. The Morgan fingerprint density at radius 2 is 2.50 bits per heavy atom. The number of amides is 1. The maximum Gasteiger partial charge on any atom is 0.241 e. The van der Waals surface area contributed by atoms with Crippen molar-refractivity contribution in [1.29, 1.82) is 0 Å². The molecule has 0 bridgehead atoms. The van der Waals surface area contributed by atoms with Crippen molar-refractivity contribution >= 4 is 11.7 Å². The molecule has 1 fully saturated rings. The van der Waals surface area contributed by atoms with E-state index >= 15 is 0 Å². The summed E-state index contributed by atoms with van der Waals surface area (Å²) in [5.74, 6) is 0.458. The molecule has 1 aromatic heterocycles. The number of nitrogens with zero attached hydrogens (tertiary/aromatic N) is 2. The molecule has 0 aromatic carbocycles. The van der Waals surface area contributed by atoms with Crippen molar-refractivity contribution in [2.75, 3.05) is 5.73 Å². The van der Waals surface area contributed by atoms with Crippen molar-refractivity contribution in [3.63, 3.8) is 0 Å². The van der Waals surface area contributed by atoms with Gasteiger partial charge in [-0.2, -0.15) is 5.10 Å². The molecule has 1 amide bonds. The summed E-state index contributed by atoms with van der Waals surface area (Å²) < 4.78 is 1.54. The van der Waals surface area contributed by atoms with Gasteiger partial charge in [0.15, 0.2) is 0 Å². The number of aromatic nitrogens is 2. The average molecular weight is 194 g/mol. The molecule has 0 spiro atoms. The van der Waals surface area contributed by atoms with Crippen LogP contribution in [0.1, 0.15) is 19.3 Å². The molecule has 0 atom stereocenters. The Morgan fingerprint density at radius 1 is 1.71 bits per heavy atom. The molecule has 14 heavy (non-hydrogen) atoms. The van der Waals surface area contributed by atoms with Crippen molar-refractivity contribution < 1.29 is 4.79 Å². The van der Waals surface area contributed by atoms with Gasteiger partial charge in [-0.25, -0.2) is 0 Å². The van der Waals surface area contributed by atoms with E-state index in [1.54, 1.807) is 16.9 Å². The molecule has 5 nitrogen and oxygen atoms in total. The second-order valence-electron chi connectivity index (χ2n) is 3.63. The molecule has 1 aliphatic rings. The van der Waals surface area contributed by atoms with E-state index in [9.17, 15) is 4.79 Å². The number of hydrogen-bond donors (Lipinski definition) is 2. The second kappa shape index (κ2) is 3.69. The molecule has 0 aliphatic heterocycles. The molecule has 0 radical (unpaired) electrons. The number of hydrogen-bond acceptors (Lipinski definition) is 3. The Kier molecular flexibility index (Phi) is 2.39. The van der Waals surface area contributed by atoms with Gasteiger partial charge in [-0.05, 0) is 25.3 Å². The number of rotatable bonds is 3. The summed E-state index contributed by atoms with van der Waals surface area (Å²) in [6, 6.07) is 2.06. The molecule has 0 saturated heterocycles. The Balaban J connectivity index is 1.81. The van der Waals surface area contributed by atoms with E-state index in [1.807, 2.05) is 0 Å². The molecular formula is C9H14N4O. The molecular weight excluding hydrogens is 180 g/mol. The summed E-state index contributed by atoms with van der Waals surface area (Å²) in [7, 11) is 0. The van der Waals surface area contributed by atoms with Gasteiger partial charge in [0.2, 0.25) is 5.91 Å². The predicted molar refractivity (Wildman–Crippen MR) is 52.4 cm³/mol. The van der Waals surface area contributed by atoms with E-state index in [2.05, 4.69) is 10.4 Å². The highest BCUT2D eigenvalue weighted by Gasteiger charge is 2.19. The second-order valence-corrected chi connectivity index (χ2v) is 3.63. The third kappa shape index (κ3) is 2.04. The lowest BCUT2D eigenvalue weighted by molar-refractivity contribution is -0.123. The molecule has 1 saturated carbocycles. The first-order valence-electron chi connectivity index (χ1n) is 4.82. The van der Waals surface area contributed by atoms with Crippen LogP contribution in [0.4, 0.5) is 5.82 Å². The zero-order chi connectivity index (χ0) is 9.97. The molecule has 1 aliphatic carbocycles. The van der Waals surface area contributed by atoms with Gasteiger partial charge >= 0.3 is 0 Å². The molecule has 1 heterocycles. The van der Waals surface area contributed by atoms with Crippen LogP contribution in [0.2, 0.25) is 0 Å². The Bertz CT molecular complexity index is 329. The van der Waals surface area contributed by atoms with Crippen LogP contribution in [0, 0.1) is 0 Å². The summed E-state index contributed by atoms with van der Waals surface area (Å²) in [5, 5.41) is 6.87. The first-order chi connectivity index (χ1) is 6.74. The SMILES string of the molecule is Nc1ccn(CC(=O)NC2CCC2)n1. The Hall–Kier alpha value is -1.52. The number of nitrogens with two attached hydrogens (primary N) is 1. The lowest BCUT2D eigenvalue weighted by atomic mass is 9.93. The van der Waals surface area contributed by atoms with Gasteiger partial charge in [0.25, 0.3) is 0 Å². The zero-order valence-electron chi connectivity index (χ0n) is 7.94. The van der Waals surface area contributed by atoms with Gasteiger partial charge in [0.05, 0.1) is 0 Å². The summed E-state index contributed by atoms with van der Waals surface area (Å²) >= 11 is 0. The highest BCUT2D eigenvalue weighted by molar-refractivity contribution is 5.76. The van der Waals surface area contributed by atoms with Gasteiger partial charge in [0.1, 0.15) is 12.4 Å². The maximum atomic E-state index is 11.4. The van der Waals surface area contributed by atoms with E-state index in [0.29, 0.717) is 11.9 Å². The number of nitrogen functional groups attached to an aromatic ring is 1. The van der Waals surface area contributed by atoms with Crippen LogP contribution in [-0.2, 0) is 11.3 Å². The van der Waals surface area contributed by atoms with Crippen LogP contribution in [0.3, 0.4) is 0 Å². The number of carbonyl (C=O) groups excluding carboxylic acids is 1. The minimum Gasteiger partial charge on any atom is -0.382 e. The van der Waals surface area contributed by atoms with Crippen LogP contribution in [-0.4, -0.2) is 21.7 Å². The Labute approximate surface area is 82.3 Å². The van der Waals surface area contributed by atoms with Crippen molar-refractivity contribution in [1.82, 2.24) is 15.1 Å². The van der Waals surface area contributed by atoms with Crippen LogP contribution >= 0.6 is 0 Å². The standard InChI is InChI=1S/C9H14N4O/c10-8-4-5-13(12-8)6-9(14)11-7-2-1-3-7/h4-5,7H,1-3,6H2,(H2,10,12)(H,11,14). The molecule has 76 valence electrons. The molecule has 0 unspecified atom stereocenters. The quantitative estimate of drug-likeness (QED) is 0.718. The molecule has 1 aromatic rings. The van der Waals surface area contributed by atoms with Gasteiger partial charge in [-0.1, -0.05) is 0 Å². The summed E-state index contributed by atoms with van der Waals surface area (Å²) in [6.45, 7) is 0.258. The largest absolute Gasteiger partial charge is 0.382 e. The van der Waals surface area contributed by atoms with Crippen LogP contribution < -0.4 is 11.1 Å². The molecule has 3 N–H and O–H groups in total. The fourth-order valence-corrected chi connectivity index (χ4v) is 1.44. The zero-order valence-corrected chi connectivity index (χ0v) is 7.94. The van der Waals surface area contributed by atoms with E-state index in [-0.39, 0.29) is 12.5 Å². The Morgan fingerprint density at radius 3 is 3.00 bits per heavy atom. The summed E-state index contributed by atoms with van der Waals surface area (Å²) in [5.41, 5.74) is 5.43.